The van der Waals surface area contributed by atoms with E-state index in [2.05, 4.69) is 0 Å². The highest BCUT2D eigenvalue weighted by Gasteiger charge is 2.13. The number of aryl methyl sites for hydroxylation is 1. The molecule has 0 aliphatic rings. The molecule has 0 heterocycles. The Morgan fingerprint density at radius 2 is 1.80 bits per heavy atom. The quantitative estimate of drug-likeness (QED) is 0.710. The summed E-state index contributed by atoms with van der Waals surface area (Å²) < 4.78 is 4.84. The molecule has 0 aliphatic heterocycles. The van der Waals surface area contributed by atoms with E-state index in [1.54, 1.807) is 24.3 Å². The van der Waals surface area contributed by atoms with Gasteiger partial charge in [-0.2, -0.15) is 0 Å². The lowest BCUT2D eigenvalue weighted by Crippen LogP contribution is -2.25. The Balaban J connectivity index is 2.64. The zero-order valence-electron chi connectivity index (χ0n) is 8.51. The molecule has 0 aliphatic carbocycles. The third kappa shape index (κ3) is 3.34. The van der Waals surface area contributed by atoms with E-state index >= 15 is 0 Å². The summed E-state index contributed by atoms with van der Waals surface area (Å²) in [6.45, 7) is 1.15. The van der Waals surface area contributed by atoms with Crippen LogP contribution in [0.15, 0.2) is 24.3 Å². The van der Waals surface area contributed by atoms with Gasteiger partial charge in [0.25, 0.3) is 0 Å². The maximum atomic E-state index is 11.4. The number of aliphatic hydroxyl groups is 2. The fourth-order valence-electron chi connectivity index (χ4n) is 1.04. The maximum Gasteiger partial charge on any atom is 0.338 e. The SMILES string of the molecule is Cc1ccc(C(=O)OC(CO)CO)cc1. The molecule has 0 bridgehead atoms. The van der Waals surface area contributed by atoms with E-state index in [0.717, 1.165) is 5.56 Å². The summed E-state index contributed by atoms with van der Waals surface area (Å²) in [5, 5.41) is 17.5. The van der Waals surface area contributed by atoms with Crippen LogP contribution in [-0.2, 0) is 4.74 Å². The second kappa shape index (κ2) is 5.48. The predicted octanol–water partition coefficient (Wildman–Crippen LogP) is 0.505. The molecule has 2 N–H and O–H groups in total. The van der Waals surface area contributed by atoms with Crippen molar-refractivity contribution < 1.29 is 19.7 Å². The second-order valence-corrected chi connectivity index (χ2v) is 3.26. The lowest BCUT2D eigenvalue weighted by molar-refractivity contribution is -0.00544. The van der Waals surface area contributed by atoms with Crippen LogP contribution in [0.2, 0.25) is 0 Å². The third-order valence-electron chi connectivity index (χ3n) is 1.97. The van der Waals surface area contributed by atoms with Gasteiger partial charge in [-0.1, -0.05) is 17.7 Å². The number of rotatable bonds is 4. The molecule has 82 valence electrons. The van der Waals surface area contributed by atoms with Gasteiger partial charge in [0.05, 0.1) is 18.8 Å². The summed E-state index contributed by atoms with van der Waals surface area (Å²) in [6.07, 6.45) is -0.848. The number of carbonyl (C=O) groups is 1. The van der Waals surface area contributed by atoms with E-state index in [0.29, 0.717) is 5.56 Å². The normalized spacial score (nSPS) is 10.4. The van der Waals surface area contributed by atoms with Crippen LogP contribution < -0.4 is 0 Å². The summed E-state index contributed by atoms with van der Waals surface area (Å²) in [5.41, 5.74) is 1.46. The van der Waals surface area contributed by atoms with Gasteiger partial charge < -0.3 is 14.9 Å². The first-order chi connectivity index (χ1) is 7.17. The van der Waals surface area contributed by atoms with Crippen molar-refractivity contribution in [2.45, 2.75) is 13.0 Å². The molecule has 4 heteroatoms. The van der Waals surface area contributed by atoms with Crippen molar-refractivity contribution in [2.24, 2.45) is 0 Å². The number of hydrogen-bond donors (Lipinski definition) is 2. The van der Waals surface area contributed by atoms with E-state index in [1.165, 1.54) is 0 Å². The van der Waals surface area contributed by atoms with Crippen molar-refractivity contribution in [3.05, 3.63) is 35.4 Å². The van der Waals surface area contributed by atoms with Gasteiger partial charge in [0.1, 0.15) is 6.10 Å². The molecule has 0 spiro atoms. The standard InChI is InChI=1S/C11H14O4/c1-8-2-4-9(5-3-8)11(14)15-10(6-12)7-13/h2-5,10,12-13H,6-7H2,1H3. The van der Waals surface area contributed by atoms with Crippen molar-refractivity contribution in [1.82, 2.24) is 0 Å². The van der Waals surface area contributed by atoms with Gasteiger partial charge in [-0.15, -0.1) is 0 Å². The van der Waals surface area contributed by atoms with Gasteiger partial charge in [-0.25, -0.2) is 4.79 Å². The Morgan fingerprint density at radius 1 is 1.27 bits per heavy atom. The van der Waals surface area contributed by atoms with Crippen molar-refractivity contribution in [1.29, 1.82) is 0 Å². The van der Waals surface area contributed by atoms with Crippen LogP contribution in [0.4, 0.5) is 0 Å². The first-order valence-electron chi connectivity index (χ1n) is 4.66. The number of aliphatic hydroxyl groups excluding tert-OH is 2. The van der Waals surface area contributed by atoms with E-state index in [4.69, 9.17) is 14.9 Å². The Labute approximate surface area is 88.1 Å². The Morgan fingerprint density at radius 3 is 2.27 bits per heavy atom. The smallest absolute Gasteiger partial charge is 0.338 e. The molecule has 0 saturated carbocycles. The number of benzene rings is 1. The molecule has 1 aromatic carbocycles. The van der Waals surface area contributed by atoms with Crippen LogP contribution in [0.5, 0.6) is 0 Å². The number of hydrogen-bond acceptors (Lipinski definition) is 4. The Bertz CT molecular complexity index is 314. The highest BCUT2D eigenvalue weighted by atomic mass is 16.6. The summed E-state index contributed by atoms with van der Waals surface area (Å²) >= 11 is 0. The summed E-state index contributed by atoms with van der Waals surface area (Å²) in [7, 11) is 0. The second-order valence-electron chi connectivity index (χ2n) is 3.26. The minimum Gasteiger partial charge on any atom is -0.454 e. The van der Waals surface area contributed by atoms with Crippen LogP contribution >= 0.6 is 0 Å². The Hall–Kier alpha value is -1.39. The fourth-order valence-corrected chi connectivity index (χ4v) is 1.04. The Kier molecular flexibility index (Phi) is 4.27. The van der Waals surface area contributed by atoms with Crippen LogP contribution in [0.1, 0.15) is 15.9 Å². The summed E-state index contributed by atoms with van der Waals surface area (Å²) in [4.78, 5) is 11.4. The molecular weight excluding hydrogens is 196 g/mol. The molecule has 0 saturated heterocycles. The van der Waals surface area contributed by atoms with Gasteiger partial charge in [-0.05, 0) is 19.1 Å². The van der Waals surface area contributed by atoms with Crippen LogP contribution in [0, 0.1) is 6.92 Å². The average molecular weight is 210 g/mol. The van der Waals surface area contributed by atoms with Crippen molar-refractivity contribution in [2.75, 3.05) is 13.2 Å². The highest BCUT2D eigenvalue weighted by molar-refractivity contribution is 5.89. The topological polar surface area (TPSA) is 66.8 Å². The molecule has 0 amide bonds. The van der Waals surface area contributed by atoms with Crippen molar-refractivity contribution in [3.63, 3.8) is 0 Å². The van der Waals surface area contributed by atoms with Crippen molar-refractivity contribution >= 4 is 5.97 Å². The van der Waals surface area contributed by atoms with Gasteiger partial charge >= 0.3 is 5.97 Å². The number of carbonyl (C=O) groups excluding carboxylic acids is 1. The zero-order valence-corrected chi connectivity index (χ0v) is 8.51. The summed E-state index contributed by atoms with van der Waals surface area (Å²) in [5.74, 6) is -0.539. The lowest BCUT2D eigenvalue weighted by Gasteiger charge is -2.12. The molecule has 0 unspecified atom stereocenters. The van der Waals surface area contributed by atoms with E-state index in [-0.39, 0.29) is 13.2 Å². The van der Waals surface area contributed by atoms with Crippen molar-refractivity contribution in [3.8, 4) is 0 Å². The molecule has 0 aromatic heterocycles. The maximum absolute atomic E-state index is 11.4. The fraction of sp³-hybridized carbons (Fsp3) is 0.364. The molecule has 1 aromatic rings. The molecule has 0 radical (unpaired) electrons. The highest BCUT2D eigenvalue weighted by Crippen LogP contribution is 2.06. The first-order valence-corrected chi connectivity index (χ1v) is 4.66. The van der Waals surface area contributed by atoms with Gasteiger partial charge in [0, 0.05) is 0 Å². The van der Waals surface area contributed by atoms with Gasteiger partial charge in [0.15, 0.2) is 0 Å². The van der Waals surface area contributed by atoms with E-state index < -0.39 is 12.1 Å². The van der Waals surface area contributed by atoms with E-state index in [1.807, 2.05) is 6.92 Å². The average Bonchev–Trinajstić information content (AvgIpc) is 2.26. The monoisotopic (exact) mass is 210 g/mol. The minimum absolute atomic E-state index is 0.381. The molecular formula is C11H14O4. The first kappa shape index (κ1) is 11.7. The minimum atomic E-state index is -0.848. The molecule has 0 atom stereocenters. The van der Waals surface area contributed by atoms with Gasteiger partial charge in [-0.3, -0.25) is 0 Å². The molecule has 1 rings (SSSR count). The van der Waals surface area contributed by atoms with E-state index in [9.17, 15) is 4.79 Å². The molecule has 15 heavy (non-hydrogen) atoms. The molecule has 4 nitrogen and oxygen atoms in total. The third-order valence-corrected chi connectivity index (χ3v) is 1.97. The van der Waals surface area contributed by atoms with Crippen LogP contribution in [0.25, 0.3) is 0 Å². The van der Waals surface area contributed by atoms with Crippen LogP contribution in [-0.4, -0.2) is 35.5 Å². The zero-order chi connectivity index (χ0) is 11.3. The van der Waals surface area contributed by atoms with Gasteiger partial charge in [0.2, 0.25) is 0 Å². The summed E-state index contributed by atoms with van der Waals surface area (Å²) in [6, 6.07) is 6.87. The number of esters is 1. The molecule has 0 fully saturated rings. The number of ether oxygens (including phenoxy) is 1. The lowest BCUT2D eigenvalue weighted by atomic mass is 10.1. The predicted molar refractivity (Wildman–Crippen MR) is 54.6 cm³/mol. The van der Waals surface area contributed by atoms with Crippen LogP contribution in [0.3, 0.4) is 0 Å². The largest absolute Gasteiger partial charge is 0.454 e.